The first-order valence-corrected chi connectivity index (χ1v) is 12.5. The molecule has 0 spiro atoms. The van der Waals surface area contributed by atoms with Crippen molar-refractivity contribution in [3.05, 3.63) is 25.3 Å². The van der Waals surface area contributed by atoms with E-state index < -0.39 is 16.5 Å². The topological polar surface area (TPSA) is 0 Å². The van der Waals surface area contributed by atoms with Gasteiger partial charge >= 0.3 is 112 Å². The van der Waals surface area contributed by atoms with Crippen molar-refractivity contribution < 1.29 is 16.5 Å². The molecule has 0 radical (unpaired) electrons. The Balaban J connectivity index is 0. The van der Waals surface area contributed by atoms with Gasteiger partial charge in [0.15, 0.2) is 0 Å². The average Bonchev–Trinajstić information content (AvgIpc) is 2.18. The van der Waals surface area contributed by atoms with Crippen molar-refractivity contribution in [1.29, 1.82) is 0 Å². The van der Waals surface area contributed by atoms with Gasteiger partial charge in [-0.2, -0.15) is 0 Å². The van der Waals surface area contributed by atoms with Gasteiger partial charge in [0.2, 0.25) is 0 Å². The van der Waals surface area contributed by atoms with Crippen LogP contribution in [0.3, 0.4) is 0 Å². The third-order valence-corrected chi connectivity index (χ3v) is 3.82. The van der Waals surface area contributed by atoms with Crippen molar-refractivity contribution in [2.75, 3.05) is 0 Å². The standard InChI is InChI=1S/C10H18Se.2ClH.Pt/c1-3-5-7-9-11-10-8-6-4-2;;;/h3-4H,1-2,5-10H2;2*1H;/q;;;+2/p-2. The Bertz CT molecular complexity index is 109. The molecule has 0 aliphatic carbocycles. The molecule has 0 unspecified atom stereocenters. The van der Waals surface area contributed by atoms with Gasteiger partial charge in [-0.25, -0.2) is 0 Å². The first-order valence-electron chi connectivity index (χ1n) is 4.45. The molecule has 0 aromatic heterocycles. The molecular formula is C10H18Cl2PtSe. The molecule has 0 aromatic rings. The van der Waals surface area contributed by atoms with Crippen LogP contribution in [0.2, 0.25) is 10.6 Å². The zero-order chi connectivity index (χ0) is 11.1. The van der Waals surface area contributed by atoms with E-state index in [1.807, 2.05) is 12.2 Å². The molecule has 0 bridgehead atoms. The Kier molecular flexibility index (Phi) is 24.9. The van der Waals surface area contributed by atoms with Crippen LogP contribution in [0.15, 0.2) is 25.3 Å². The number of unbranched alkanes of at least 4 members (excludes halogenated alkanes) is 2. The van der Waals surface area contributed by atoms with E-state index >= 15 is 0 Å². The number of rotatable bonds is 8. The first-order chi connectivity index (χ1) is 6.83. The summed E-state index contributed by atoms with van der Waals surface area (Å²) in [5.74, 6) is 0. The number of halogens is 2. The summed E-state index contributed by atoms with van der Waals surface area (Å²) >= 11 is 0.409. The summed E-state index contributed by atoms with van der Waals surface area (Å²) in [5.41, 5.74) is 0. The fraction of sp³-hybridized carbons (Fsp3) is 0.600. The summed E-state index contributed by atoms with van der Waals surface area (Å²) < 4.78 is 0. The zero-order valence-corrected chi connectivity index (χ0v) is 13.8. The summed E-state index contributed by atoms with van der Waals surface area (Å²) in [7, 11) is 9.75. The third kappa shape index (κ3) is 23.2. The van der Waals surface area contributed by atoms with Crippen LogP contribution in [0, 0.1) is 0 Å². The van der Waals surface area contributed by atoms with E-state index in [0.717, 1.165) is 15.0 Å². The Morgan fingerprint density at radius 2 is 1.36 bits per heavy atom. The monoisotopic (exact) mass is 483 g/mol. The normalized spacial score (nSPS) is 9.00. The van der Waals surface area contributed by atoms with Crippen molar-refractivity contribution in [3.63, 3.8) is 0 Å². The van der Waals surface area contributed by atoms with Gasteiger partial charge in [0.1, 0.15) is 0 Å². The predicted molar refractivity (Wildman–Crippen MR) is 65.9 cm³/mol. The maximum atomic E-state index is 4.88. The second-order valence-electron chi connectivity index (χ2n) is 2.52. The molecule has 0 N–H and O–H groups in total. The van der Waals surface area contributed by atoms with E-state index in [2.05, 4.69) is 13.2 Å². The Labute approximate surface area is 111 Å². The van der Waals surface area contributed by atoms with Crippen LogP contribution >= 0.6 is 18.8 Å². The van der Waals surface area contributed by atoms with Gasteiger partial charge in [-0.15, -0.1) is 0 Å². The van der Waals surface area contributed by atoms with Crippen LogP contribution in [0.25, 0.3) is 0 Å². The van der Waals surface area contributed by atoms with Crippen LogP contribution in [0.4, 0.5) is 0 Å². The second kappa shape index (κ2) is 19.8. The van der Waals surface area contributed by atoms with E-state index in [-0.39, 0.29) is 0 Å². The Morgan fingerprint density at radius 1 is 1.00 bits per heavy atom. The molecule has 4 heteroatoms. The molecule has 0 rings (SSSR count). The Hall–Kier alpha value is 1.27. The zero-order valence-electron chi connectivity index (χ0n) is 8.29. The molecule has 0 aliphatic rings. The SMILES string of the molecule is C=CCCC[Se]CCCC=C.[Cl][Pt][Cl]. The summed E-state index contributed by atoms with van der Waals surface area (Å²) in [6.45, 7) is 7.40. The summed E-state index contributed by atoms with van der Waals surface area (Å²) in [4.78, 5) is 0. The van der Waals surface area contributed by atoms with E-state index in [9.17, 15) is 0 Å². The van der Waals surface area contributed by atoms with Crippen LogP contribution in [0.5, 0.6) is 0 Å². The van der Waals surface area contributed by atoms with E-state index in [1.54, 1.807) is 0 Å². The van der Waals surface area contributed by atoms with Crippen LogP contribution in [-0.2, 0) is 16.5 Å². The molecule has 14 heavy (non-hydrogen) atoms. The first kappa shape index (κ1) is 17.7. The quantitative estimate of drug-likeness (QED) is 0.264. The number of allylic oxidation sites excluding steroid dienone is 2. The molecular weight excluding hydrogens is 465 g/mol. The third-order valence-electron chi connectivity index (χ3n) is 1.39. The van der Waals surface area contributed by atoms with Gasteiger partial charge in [0.25, 0.3) is 0 Å². The summed E-state index contributed by atoms with van der Waals surface area (Å²) in [5, 5.41) is 2.85. The van der Waals surface area contributed by atoms with Gasteiger partial charge in [-0.3, -0.25) is 0 Å². The maximum absolute atomic E-state index is 4.88. The Morgan fingerprint density at radius 3 is 1.64 bits per heavy atom. The average molecular weight is 483 g/mol. The van der Waals surface area contributed by atoms with Crippen LogP contribution in [-0.4, -0.2) is 15.0 Å². The minimum absolute atomic E-state index is 0.472. The molecule has 0 atom stereocenters. The number of hydrogen-bond donors (Lipinski definition) is 0. The molecule has 0 saturated carbocycles. The van der Waals surface area contributed by atoms with Crippen molar-refractivity contribution in [2.45, 2.75) is 36.3 Å². The molecule has 0 heterocycles. The minimum atomic E-state index is -0.472. The number of hydrogen-bond acceptors (Lipinski definition) is 0. The molecule has 88 valence electrons. The molecule has 0 nitrogen and oxygen atoms in total. The molecule has 0 amide bonds. The van der Waals surface area contributed by atoms with Gasteiger partial charge in [-0.05, 0) is 0 Å². The van der Waals surface area contributed by atoms with Gasteiger partial charge in [0, 0.05) is 0 Å². The van der Waals surface area contributed by atoms with Gasteiger partial charge in [-0.1, -0.05) is 0 Å². The van der Waals surface area contributed by atoms with Gasteiger partial charge in [0.05, 0.1) is 0 Å². The summed E-state index contributed by atoms with van der Waals surface area (Å²) in [6.07, 6.45) is 9.11. The van der Waals surface area contributed by atoms with Crippen molar-refractivity contribution in [1.82, 2.24) is 0 Å². The molecule has 0 fully saturated rings. The summed E-state index contributed by atoms with van der Waals surface area (Å²) in [6, 6.07) is 0. The predicted octanol–water partition coefficient (Wildman–Crippen LogP) is 4.84. The van der Waals surface area contributed by atoms with E-state index in [4.69, 9.17) is 18.8 Å². The fourth-order valence-electron chi connectivity index (χ4n) is 0.762. The van der Waals surface area contributed by atoms with Crippen molar-refractivity contribution in [3.8, 4) is 0 Å². The van der Waals surface area contributed by atoms with Crippen molar-refractivity contribution >= 4 is 33.8 Å². The van der Waals surface area contributed by atoms with Crippen molar-refractivity contribution in [2.24, 2.45) is 0 Å². The van der Waals surface area contributed by atoms with Crippen LogP contribution in [0.1, 0.15) is 25.7 Å². The molecule has 0 aromatic carbocycles. The molecule has 0 saturated heterocycles. The van der Waals surface area contributed by atoms with E-state index in [0.29, 0.717) is 0 Å². The second-order valence-corrected chi connectivity index (χ2v) is 8.37. The van der Waals surface area contributed by atoms with E-state index in [1.165, 1.54) is 36.3 Å². The molecule has 0 aliphatic heterocycles. The fourth-order valence-corrected chi connectivity index (χ4v) is 2.75. The van der Waals surface area contributed by atoms with Crippen LogP contribution < -0.4 is 0 Å². The van der Waals surface area contributed by atoms with Gasteiger partial charge < -0.3 is 0 Å².